The summed E-state index contributed by atoms with van der Waals surface area (Å²) in [5, 5.41) is 6.79. The first kappa shape index (κ1) is 5.41. The molecule has 0 amide bonds. The van der Waals surface area contributed by atoms with Gasteiger partial charge >= 0.3 is 0 Å². The SMILES string of the molecule is [CH-]=C(C)C(C)=N. The third-order valence-electron chi connectivity index (χ3n) is 0.592. The van der Waals surface area contributed by atoms with Crippen LogP contribution in [-0.4, -0.2) is 5.71 Å². The molecule has 0 aliphatic heterocycles. The lowest BCUT2D eigenvalue weighted by atomic mass is 10.2. The second-order valence-corrected chi connectivity index (χ2v) is 1.31. The first-order valence-electron chi connectivity index (χ1n) is 1.79. The summed E-state index contributed by atoms with van der Waals surface area (Å²) < 4.78 is 0. The third kappa shape index (κ3) is 1.70. The summed E-state index contributed by atoms with van der Waals surface area (Å²) in [5.41, 5.74) is 1.05. The molecule has 0 aliphatic carbocycles. The first-order valence-corrected chi connectivity index (χ1v) is 1.79. The minimum Gasteiger partial charge on any atom is -0.399 e. The Labute approximate surface area is 38.2 Å². The minimum atomic E-state index is 0.454. The highest BCUT2D eigenvalue weighted by Crippen LogP contribution is 1.84. The lowest BCUT2D eigenvalue weighted by Crippen LogP contribution is -1.85. The molecule has 6 heavy (non-hydrogen) atoms. The van der Waals surface area contributed by atoms with Gasteiger partial charge in [-0.25, -0.2) is 5.57 Å². The van der Waals surface area contributed by atoms with Crippen LogP contribution in [-0.2, 0) is 0 Å². The van der Waals surface area contributed by atoms with Gasteiger partial charge in [-0.2, -0.15) is 0 Å². The molecular formula is C5H8N-. The second kappa shape index (κ2) is 1.75. The average molecular weight is 82.1 g/mol. The Hall–Kier alpha value is -0.590. The molecule has 0 aromatic carbocycles. The Bertz CT molecular complexity index is 69.9. The summed E-state index contributed by atoms with van der Waals surface area (Å²) >= 11 is 0. The van der Waals surface area contributed by atoms with E-state index in [1.165, 1.54) is 0 Å². The van der Waals surface area contributed by atoms with Crippen molar-refractivity contribution < 1.29 is 0 Å². The van der Waals surface area contributed by atoms with E-state index in [9.17, 15) is 0 Å². The Kier molecular flexibility index (Phi) is 1.58. The van der Waals surface area contributed by atoms with Crippen molar-refractivity contribution in [3.63, 3.8) is 0 Å². The standard InChI is InChI=1S/C5H8N/c1-4(2)5(3)6/h1,6H,2-3H3/q-1. The average Bonchev–Trinajstić information content (AvgIpc) is 1.36. The van der Waals surface area contributed by atoms with Crippen LogP contribution < -0.4 is 0 Å². The minimum absolute atomic E-state index is 0.454. The number of nitrogens with one attached hydrogen (secondary N) is 1. The van der Waals surface area contributed by atoms with Crippen LogP contribution in [0.3, 0.4) is 0 Å². The maximum absolute atomic E-state index is 6.79. The van der Waals surface area contributed by atoms with E-state index in [4.69, 9.17) is 12.0 Å². The van der Waals surface area contributed by atoms with Gasteiger partial charge in [0.05, 0.1) is 0 Å². The highest BCUT2D eigenvalue weighted by Gasteiger charge is 1.66. The van der Waals surface area contributed by atoms with Gasteiger partial charge in [-0.3, -0.25) is 6.58 Å². The quantitative estimate of drug-likeness (QED) is 0.365. The van der Waals surface area contributed by atoms with Crippen LogP contribution in [0.15, 0.2) is 5.57 Å². The molecule has 0 radical (unpaired) electrons. The maximum atomic E-state index is 6.79. The van der Waals surface area contributed by atoms with Crippen LogP contribution in [0.4, 0.5) is 0 Å². The molecule has 0 spiro atoms. The Morgan fingerprint density at radius 2 is 1.67 bits per heavy atom. The fourth-order valence-electron chi connectivity index (χ4n) is 0. The molecule has 0 saturated carbocycles. The second-order valence-electron chi connectivity index (χ2n) is 1.31. The van der Waals surface area contributed by atoms with Crippen molar-refractivity contribution in [2.24, 2.45) is 0 Å². The van der Waals surface area contributed by atoms with Crippen molar-refractivity contribution in [3.05, 3.63) is 12.2 Å². The molecule has 0 atom stereocenters. The molecule has 0 unspecified atom stereocenters. The normalized spacial score (nSPS) is 7.67. The molecule has 0 aromatic rings. The van der Waals surface area contributed by atoms with Gasteiger partial charge in [0.1, 0.15) is 0 Å². The zero-order valence-corrected chi connectivity index (χ0v) is 4.08. The molecule has 1 N–H and O–H groups in total. The van der Waals surface area contributed by atoms with Crippen molar-refractivity contribution in [3.8, 4) is 0 Å². The maximum Gasteiger partial charge on any atom is -0.0725 e. The van der Waals surface area contributed by atoms with E-state index in [1.54, 1.807) is 13.8 Å². The molecule has 0 aromatic heterocycles. The number of hydrogen-bond acceptors (Lipinski definition) is 1. The highest BCUT2D eigenvalue weighted by molar-refractivity contribution is 5.93. The van der Waals surface area contributed by atoms with Crippen molar-refractivity contribution in [1.29, 1.82) is 5.41 Å². The smallest absolute Gasteiger partial charge is 0.0725 e. The van der Waals surface area contributed by atoms with Crippen LogP contribution in [0.5, 0.6) is 0 Å². The van der Waals surface area contributed by atoms with Gasteiger partial charge in [-0.05, 0) is 0 Å². The van der Waals surface area contributed by atoms with Crippen molar-refractivity contribution in [1.82, 2.24) is 0 Å². The van der Waals surface area contributed by atoms with E-state index in [-0.39, 0.29) is 0 Å². The monoisotopic (exact) mass is 82.1 g/mol. The Morgan fingerprint density at radius 3 is 1.67 bits per heavy atom. The first-order chi connectivity index (χ1) is 2.64. The van der Waals surface area contributed by atoms with Crippen molar-refractivity contribution in [2.75, 3.05) is 0 Å². The van der Waals surface area contributed by atoms with E-state index < -0.39 is 0 Å². The van der Waals surface area contributed by atoms with E-state index in [2.05, 4.69) is 0 Å². The van der Waals surface area contributed by atoms with Gasteiger partial charge < -0.3 is 5.41 Å². The predicted molar refractivity (Wildman–Crippen MR) is 26.9 cm³/mol. The van der Waals surface area contributed by atoms with Gasteiger partial charge in [0.15, 0.2) is 0 Å². The molecule has 0 saturated heterocycles. The number of hydrogen-bond donors (Lipinski definition) is 1. The van der Waals surface area contributed by atoms with E-state index in [0.29, 0.717) is 11.3 Å². The third-order valence-corrected chi connectivity index (χ3v) is 0.592. The van der Waals surface area contributed by atoms with Gasteiger partial charge in [-0.15, -0.1) is 5.71 Å². The number of rotatable bonds is 1. The summed E-state index contributed by atoms with van der Waals surface area (Å²) in [5.74, 6) is 0. The molecule has 34 valence electrons. The van der Waals surface area contributed by atoms with Gasteiger partial charge in [-0.1, -0.05) is 13.8 Å². The highest BCUT2D eigenvalue weighted by atomic mass is 14.4. The van der Waals surface area contributed by atoms with Crippen molar-refractivity contribution in [2.45, 2.75) is 13.8 Å². The molecule has 1 heteroatoms. The summed E-state index contributed by atoms with van der Waals surface area (Å²) in [6, 6.07) is 0. The van der Waals surface area contributed by atoms with E-state index >= 15 is 0 Å². The zero-order chi connectivity index (χ0) is 5.15. The Morgan fingerprint density at radius 1 is 1.50 bits per heavy atom. The fraction of sp³-hybridized carbons (Fsp3) is 0.400. The summed E-state index contributed by atoms with van der Waals surface area (Å²) in [6.45, 7) is 8.50. The molecule has 0 aliphatic rings. The largest absolute Gasteiger partial charge is 0.399 e. The van der Waals surface area contributed by atoms with Crippen LogP contribution in [0, 0.1) is 12.0 Å². The van der Waals surface area contributed by atoms with Crippen LogP contribution >= 0.6 is 0 Å². The molecular weight excluding hydrogens is 74.1 g/mol. The van der Waals surface area contributed by atoms with Crippen LogP contribution in [0.1, 0.15) is 13.8 Å². The molecule has 0 rings (SSSR count). The molecule has 0 heterocycles. The van der Waals surface area contributed by atoms with E-state index in [1.807, 2.05) is 0 Å². The van der Waals surface area contributed by atoms with Crippen LogP contribution in [0.25, 0.3) is 0 Å². The zero-order valence-electron chi connectivity index (χ0n) is 4.08. The van der Waals surface area contributed by atoms with Crippen molar-refractivity contribution >= 4 is 5.71 Å². The Balaban J connectivity index is 3.57. The predicted octanol–water partition coefficient (Wildman–Crippen LogP) is 1.41. The summed E-state index contributed by atoms with van der Waals surface area (Å²) in [4.78, 5) is 0. The number of allylic oxidation sites excluding steroid dienone is 1. The van der Waals surface area contributed by atoms with E-state index in [0.717, 1.165) is 0 Å². The fourth-order valence-corrected chi connectivity index (χ4v) is 0. The summed E-state index contributed by atoms with van der Waals surface area (Å²) in [7, 11) is 0. The summed E-state index contributed by atoms with van der Waals surface area (Å²) in [6.07, 6.45) is 0. The molecule has 0 bridgehead atoms. The van der Waals surface area contributed by atoms with Gasteiger partial charge in [0.2, 0.25) is 0 Å². The molecule has 0 fully saturated rings. The molecule has 1 nitrogen and oxygen atoms in total. The lowest BCUT2D eigenvalue weighted by Gasteiger charge is -1.99. The van der Waals surface area contributed by atoms with Gasteiger partial charge in [0, 0.05) is 0 Å². The topological polar surface area (TPSA) is 23.9 Å². The van der Waals surface area contributed by atoms with Gasteiger partial charge in [0.25, 0.3) is 0 Å². The van der Waals surface area contributed by atoms with Crippen LogP contribution in [0.2, 0.25) is 0 Å². The lowest BCUT2D eigenvalue weighted by molar-refractivity contribution is 1.43.